The average molecular weight is 498 g/mol. The molecule has 0 saturated heterocycles. The fourth-order valence-corrected chi connectivity index (χ4v) is 5.36. The molecule has 0 aliphatic heterocycles. The molecule has 0 fully saturated rings. The van der Waals surface area contributed by atoms with Gasteiger partial charge in [-0.25, -0.2) is 8.96 Å². The molecule has 0 saturated carbocycles. The summed E-state index contributed by atoms with van der Waals surface area (Å²) in [6, 6.07) is 19.6. The van der Waals surface area contributed by atoms with Gasteiger partial charge in [-0.1, -0.05) is 36.0 Å². The number of ether oxygens (including phenoxy) is 1. The van der Waals surface area contributed by atoms with Crippen molar-refractivity contribution < 1.29 is 9.13 Å². The molecule has 0 N–H and O–H groups in total. The first-order valence-electron chi connectivity index (χ1n) is 11.2. The molecule has 0 spiro atoms. The predicted octanol–water partition coefficient (Wildman–Crippen LogP) is 5.33. The Kier molecular flexibility index (Phi) is 5.41. The van der Waals surface area contributed by atoms with Crippen molar-refractivity contribution in [3.05, 3.63) is 100 Å². The molecule has 0 bridgehead atoms. The van der Waals surface area contributed by atoms with Crippen molar-refractivity contribution in [1.29, 1.82) is 0 Å². The summed E-state index contributed by atoms with van der Waals surface area (Å²) >= 11 is 1.41. The van der Waals surface area contributed by atoms with Gasteiger partial charge in [0.05, 0.1) is 29.2 Å². The van der Waals surface area contributed by atoms with Crippen LogP contribution >= 0.6 is 11.8 Å². The van der Waals surface area contributed by atoms with Gasteiger partial charge in [-0.05, 0) is 60.5 Å². The molecule has 0 radical (unpaired) electrons. The summed E-state index contributed by atoms with van der Waals surface area (Å²) in [6.07, 6.45) is 1.70. The lowest BCUT2D eigenvalue weighted by molar-refractivity contribution is 0.412. The van der Waals surface area contributed by atoms with Crippen LogP contribution in [0.2, 0.25) is 0 Å². The summed E-state index contributed by atoms with van der Waals surface area (Å²) in [4.78, 5) is 18.1. The van der Waals surface area contributed by atoms with Gasteiger partial charge in [0.1, 0.15) is 11.6 Å². The molecule has 6 rings (SSSR count). The Morgan fingerprint density at radius 2 is 1.89 bits per heavy atom. The third-order valence-electron chi connectivity index (χ3n) is 6.08. The number of rotatable bonds is 5. The van der Waals surface area contributed by atoms with Crippen molar-refractivity contribution in [3.63, 3.8) is 0 Å². The van der Waals surface area contributed by atoms with Crippen LogP contribution in [0.25, 0.3) is 33.3 Å². The highest BCUT2D eigenvalue weighted by Crippen LogP contribution is 2.30. The third kappa shape index (κ3) is 3.59. The highest BCUT2D eigenvalue weighted by molar-refractivity contribution is 7.98. The Balaban J connectivity index is 1.55. The molecule has 3 aromatic carbocycles. The van der Waals surface area contributed by atoms with E-state index in [1.165, 1.54) is 28.5 Å². The van der Waals surface area contributed by atoms with E-state index < -0.39 is 0 Å². The number of halogens is 1. The quantitative estimate of drug-likeness (QED) is 0.300. The Hall–Kier alpha value is -4.24. The minimum absolute atomic E-state index is 0.216. The molecule has 0 atom stereocenters. The van der Waals surface area contributed by atoms with Crippen molar-refractivity contribution in [2.45, 2.75) is 17.8 Å². The first-order valence-corrected chi connectivity index (χ1v) is 12.2. The summed E-state index contributed by atoms with van der Waals surface area (Å²) in [7, 11) is 1.57. The fraction of sp³-hybridized carbons (Fsp3) is 0.111. The summed E-state index contributed by atoms with van der Waals surface area (Å²) in [5.74, 6) is 1.03. The van der Waals surface area contributed by atoms with E-state index >= 15 is 0 Å². The lowest BCUT2D eigenvalue weighted by Gasteiger charge is -2.14. The first-order chi connectivity index (χ1) is 17.5. The highest BCUT2D eigenvalue weighted by atomic mass is 32.2. The summed E-state index contributed by atoms with van der Waals surface area (Å²) in [5.41, 5.74) is 3.53. The standard InChI is InChI=1S/C27H20FN5O2S/c1-16-9-10-23(35-2)22(12-16)32-25(34)20-7-3-4-8-21(20)33-26(32)30-31-27(33)36-15-18-14-19(28)13-17-6-5-11-29-24(17)18/h3-14H,15H2,1-2H3. The van der Waals surface area contributed by atoms with Crippen LogP contribution in [0.1, 0.15) is 11.1 Å². The van der Waals surface area contributed by atoms with Gasteiger partial charge >= 0.3 is 0 Å². The van der Waals surface area contributed by atoms with E-state index in [0.717, 1.165) is 22.0 Å². The largest absolute Gasteiger partial charge is 0.495 e. The van der Waals surface area contributed by atoms with E-state index in [1.807, 2.05) is 53.8 Å². The van der Waals surface area contributed by atoms with Crippen LogP contribution < -0.4 is 10.3 Å². The van der Waals surface area contributed by atoms with E-state index in [1.54, 1.807) is 25.4 Å². The van der Waals surface area contributed by atoms with Gasteiger partial charge in [-0.2, -0.15) is 0 Å². The van der Waals surface area contributed by atoms with Crippen molar-refractivity contribution in [3.8, 4) is 11.4 Å². The van der Waals surface area contributed by atoms with Crippen LogP contribution in [0.15, 0.2) is 82.9 Å². The van der Waals surface area contributed by atoms with Gasteiger partial charge in [-0.15, -0.1) is 10.2 Å². The van der Waals surface area contributed by atoms with Crippen molar-refractivity contribution >= 4 is 39.3 Å². The Bertz CT molecular complexity index is 1850. The zero-order chi connectivity index (χ0) is 24.8. The van der Waals surface area contributed by atoms with Crippen LogP contribution in [0.4, 0.5) is 4.39 Å². The Labute approximate surface area is 209 Å². The first kappa shape index (κ1) is 22.2. The monoisotopic (exact) mass is 497 g/mol. The molecule has 6 aromatic rings. The summed E-state index contributed by atoms with van der Waals surface area (Å²) in [5, 5.41) is 10.7. The molecule has 36 heavy (non-hydrogen) atoms. The van der Waals surface area contributed by atoms with E-state index in [2.05, 4.69) is 15.2 Å². The molecular formula is C27H20FN5O2S. The number of para-hydroxylation sites is 1. The molecule has 3 aromatic heterocycles. The van der Waals surface area contributed by atoms with E-state index in [-0.39, 0.29) is 11.4 Å². The van der Waals surface area contributed by atoms with Crippen LogP contribution in [0, 0.1) is 12.7 Å². The third-order valence-corrected chi connectivity index (χ3v) is 7.05. The molecule has 0 aliphatic rings. The number of methoxy groups -OCH3 is 1. The van der Waals surface area contributed by atoms with Crippen LogP contribution in [-0.2, 0) is 5.75 Å². The maximum atomic E-state index is 14.3. The maximum absolute atomic E-state index is 14.3. The predicted molar refractivity (Wildman–Crippen MR) is 139 cm³/mol. The van der Waals surface area contributed by atoms with E-state index in [4.69, 9.17) is 4.74 Å². The van der Waals surface area contributed by atoms with Crippen molar-refractivity contribution in [2.75, 3.05) is 7.11 Å². The Morgan fingerprint density at radius 1 is 1.03 bits per heavy atom. The zero-order valence-corrected chi connectivity index (χ0v) is 20.3. The molecule has 3 heterocycles. The number of hydrogen-bond donors (Lipinski definition) is 0. The Morgan fingerprint density at radius 3 is 2.75 bits per heavy atom. The minimum atomic E-state index is -0.317. The zero-order valence-electron chi connectivity index (χ0n) is 19.5. The van der Waals surface area contributed by atoms with E-state index in [9.17, 15) is 9.18 Å². The van der Waals surface area contributed by atoms with Gasteiger partial charge in [-0.3, -0.25) is 14.2 Å². The average Bonchev–Trinajstić information content (AvgIpc) is 3.31. The van der Waals surface area contributed by atoms with Crippen molar-refractivity contribution in [1.82, 2.24) is 24.1 Å². The number of aryl methyl sites for hydroxylation is 1. The SMILES string of the molecule is COc1ccc(C)cc1-n1c(=O)c2ccccc2n2c(SCc3cc(F)cc4cccnc34)nnc12. The lowest BCUT2D eigenvalue weighted by atomic mass is 10.1. The molecule has 178 valence electrons. The number of thioether (sulfide) groups is 1. The lowest BCUT2D eigenvalue weighted by Crippen LogP contribution is -2.22. The number of fused-ring (bicyclic) bond motifs is 4. The van der Waals surface area contributed by atoms with Crippen LogP contribution in [0.3, 0.4) is 0 Å². The van der Waals surface area contributed by atoms with E-state index in [0.29, 0.717) is 39.0 Å². The second-order valence-corrected chi connectivity index (χ2v) is 9.32. The number of benzene rings is 3. The van der Waals surface area contributed by atoms with Crippen LogP contribution in [-0.4, -0.2) is 31.3 Å². The second kappa shape index (κ2) is 8.76. The van der Waals surface area contributed by atoms with Crippen molar-refractivity contribution in [2.24, 2.45) is 0 Å². The molecule has 0 aliphatic carbocycles. The maximum Gasteiger partial charge on any atom is 0.267 e. The second-order valence-electron chi connectivity index (χ2n) is 8.38. The smallest absolute Gasteiger partial charge is 0.267 e. The molecule has 0 unspecified atom stereocenters. The molecule has 0 amide bonds. The van der Waals surface area contributed by atoms with Gasteiger partial charge in [0, 0.05) is 17.3 Å². The van der Waals surface area contributed by atoms with Crippen LogP contribution in [0.5, 0.6) is 5.75 Å². The number of hydrogen-bond acceptors (Lipinski definition) is 6. The normalized spacial score (nSPS) is 11.5. The summed E-state index contributed by atoms with van der Waals surface area (Å²) in [6.45, 7) is 1.95. The molecule has 7 nitrogen and oxygen atoms in total. The van der Waals surface area contributed by atoms with Gasteiger partial charge in [0.15, 0.2) is 5.16 Å². The minimum Gasteiger partial charge on any atom is -0.495 e. The summed E-state index contributed by atoms with van der Waals surface area (Å²) < 4.78 is 23.3. The molecular weight excluding hydrogens is 477 g/mol. The van der Waals surface area contributed by atoms with Gasteiger partial charge in [0.25, 0.3) is 5.56 Å². The molecule has 9 heteroatoms. The number of aromatic nitrogens is 5. The fourth-order valence-electron chi connectivity index (χ4n) is 4.44. The number of nitrogens with zero attached hydrogens (tertiary/aromatic N) is 5. The number of pyridine rings is 1. The van der Waals surface area contributed by atoms with Gasteiger partial charge < -0.3 is 4.74 Å². The topological polar surface area (TPSA) is 74.3 Å². The highest BCUT2D eigenvalue weighted by Gasteiger charge is 2.20. The van der Waals surface area contributed by atoms with Gasteiger partial charge in [0.2, 0.25) is 5.78 Å².